The maximum atomic E-state index is 10.2. The Labute approximate surface area is 51.9 Å². The van der Waals surface area contributed by atoms with Crippen molar-refractivity contribution >= 4 is 17.9 Å². The number of aliphatic imine (C=N–C) groups is 2. The monoisotopic (exact) mass is 126 g/mol. The van der Waals surface area contributed by atoms with Gasteiger partial charge in [0, 0.05) is 12.6 Å². The van der Waals surface area contributed by atoms with Crippen molar-refractivity contribution in [2.45, 2.75) is 6.42 Å². The first-order valence-electron chi connectivity index (χ1n) is 2.55. The summed E-state index contributed by atoms with van der Waals surface area (Å²) < 4.78 is 0. The van der Waals surface area contributed by atoms with Gasteiger partial charge in [0.1, 0.15) is 12.4 Å². The molecule has 1 rings (SSSR count). The lowest BCUT2D eigenvalue weighted by Crippen LogP contribution is -2.16. The van der Waals surface area contributed by atoms with E-state index in [2.05, 4.69) is 9.98 Å². The summed E-state index contributed by atoms with van der Waals surface area (Å²) in [5.41, 5.74) is 0.199. The highest BCUT2D eigenvalue weighted by molar-refractivity contribution is 6.38. The molecule has 4 nitrogen and oxygen atoms in total. The zero-order valence-electron chi connectivity index (χ0n) is 4.74. The molecule has 1 N–H and O–H groups in total. The highest BCUT2D eigenvalue weighted by atomic mass is 16.4. The molecule has 9 heavy (non-hydrogen) atoms. The fourth-order valence-corrected chi connectivity index (χ4v) is 0.554. The average Bonchev–Trinajstić information content (AvgIpc) is 1.90. The molecule has 1 heterocycles. The molecule has 0 aromatic carbocycles. The van der Waals surface area contributed by atoms with Crippen LogP contribution in [0.3, 0.4) is 0 Å². The Morgan fingerprint density at radius 3 is 2.89 bits per heavy atom. The van der Waals surface area contributed by atoms with Crippen LogP contribution in [0.4, 0.5) is 0 Å². The van der Waals surface area contributed by atoms with Crippen LogP contribution in [-0.2, 0) is 4.79 Å². The maximum Gasteiger partial charge on any atom is 0.350 e. The van der Waals surface area contributed by atoms with E-state index in [9.17, 15) is 4.79 Å². The number of aliphatic carboxylic acids is 1. The van der Waals surface area contributed by atoms with Gasteiger partial charge >= 0.3 is 5.97 Å². The van der Waals surface area contributed by atoms with Crippen molar-refractivity contribution in [3.8, 4) is 0 Å². The minimum atomic E-state index is -0.943. The molecule has 0 aromatic rings. The van der Waals surface area contributed by atoms with Crippen LogP contribution in [-0.4, -0.2) is 29.7 Å². The molecular formula is C5H6N2O2. The van der Waals surface area contributed by atoms with Gasteiger partial charge in [-0.25, -0.2) is 4.79 Å². The molecule has 0 atom stereocenters. The van der Waals surface area contributed by atoms with Gasteiger partial charge in [0.25, 0.3) is 0 Å². The highest BCUT2D eigenvalue weighted by Gasteiger charge is 2.08. The predicted octanol–water partition coefficient (Wildman–Crippen LogP) is -0.0560. The number of carboxylic acid groups (broad SMARTS) is 1. The first-order chi connectivity index (χ1) is 4.30. The molecule has 0 amide bonds. The quantitative estimate of drug-likeness (QED) is 0.535. The number of carbonyl (C=O) groups is 1. The SMILES string of the molecule is O=C(O)C1=NCN=CC1. The first kappa shape index (κ1) is 5.94. The Morgan fingerprint density at radius 1 is 1.78 bits per heavy atom. The molecule has 0 radical (unpaired) electrons. The Hall–Kier alpha value is -1.19. The van der Waals surface area contributed by atoms with Crippen molar-refractivity contribution in [2.24, 2.45) is 9.98 Å². The zero-order chi connectivity index (χ0) is 6.69. The number of rotatable bonds is 1. The Morgan fingerprint density at radius 2 is 2.56 bits per heavy atom. The van der Waals surface area contributed by atoms with E-state index in [0.29, 0.717) is 6.42 Å². The first-order valence-corrected chi connectivity index (χ1v) is 2.55. The van der Waals surface area contributed by atoms with Crippen LogP contribution in [0.5, 0.6) is 0 Å². The molecular weight excluding hydrogens is 120 g/mol. The van der Waals surface area contributed by atoms with Crippen molar-refractivity contribution in [3.63, 3.8) is 0 Å². The lowest BCUT2D eigenvalue weighted by atomic mass is 10.3. The number of nitrogens with zero attached hydrogens (tertiary/aromatic N) is 2. The summed E-state index contributed by atoms with van der Waals surface area (Å²) in [5.74, 6) is -0.943. The van der Waals surface area contributed by atoms with Gasteiger partial charge in [-0.05, 0) is 0 Å². The fraction of sp³-hybridized carbons (Fsp3) is 0.400. The standard InChI is InChI=1S/C5H6N2O2/c8-5(9)4-1-2-6-3-7-4/h2H,1,3H2,(H,8,9). The van der Waals surface area contributed by atoms with Crippen LogP contribution in [0.1, 0.15) is 6.42 Å². The minimum Gasteiger partial charge on any atom is -0.477 e. The second kappa shape index (κ2) is 2.39. The van der Waals surface area contributed by atoms with E-state index in [4.69, 9.17) is 5.11 Å². The van der Waals surface area contributed by atoms with Crippen LogP contribution >= 0.6 is 0 Å². The molecule has 0 saturated heterocycles. The molecule has 1 aliphatic heterocycles. The maximum absolute atomic E-state index is 10.2. The molecule has 48 valence electrons. The van der Waals surface area contributed by atoms with Gasteiger partial charge in [-0.15, -0.1) is 0 Å². The second-order valence-corrected chi connectivity index (χ2v) is 1.62. The lowest BCUT2D eigenvalue weighted by Gasteiger charge is -1.99. The number of hydrogen-bond donors (Lipinski definition) is 1. The molecule has 0 aromatic heterocycles. The van der Waals surface area contributed by atoms with E-state index in [1.54, 1.807) is 6.21 Å². The minimum absolute atomic E-state index is 0.199. The summed E-state index contributed by atoms with van der Waals surface area (Å²) in [6, 6.07) is 0. The smallest absolute Gasteiger partial charge is 0.350 e. The van der Waals surface area contributed by atoms with Gasteiger partial charge in [-0.1, -0.05) is 0 Å². The van der Waals surface area contributed by atoms with Gasteiger partial charge in [-0.2, -0.15) is 0 Å². The normalized spacial score (nSPS) is 17.1. The second-order valence-electron chi connectivity index (χ2n) is 1.62. The van der Waals surface area contributed by atoms with Crippen LogP contribution in [0.2, 0.25) is 0 Å². The third-order valence-corrected chi connectivity index (χ3v) is 1.00. The molecule has 1 aliphatic rings. The van der Waals surface area contributed by atoms with Gasteiger partial charge in [0.05, 0.1) is 0 Å². The number of carboxylic acids is 1. The molecule has 4 heteroatoms. The predicted molar refractivity (Wildman–Crippen MR) is 33.0 cm³/mol. The van der Waals surface area contributed by atoms with Crippen LogP contribution in [0.15, 0.2) is 9.98 Å². The summed E-state index contributed by atoms with van der Waals surface area (Å²) in [6.45, 7) is 0.266. The van der Waals surface area contributed by atoms with E-state index in [0.717, 1.165) is 0 Å². The number of hydrogen-bond acceptors (Lipinski definition) is 3. The lowest BCUT2D eigenvalue weighted by molar-refractivity contribution is -0.129. The third kappa shape index (κ3) is 1.35. The molecule has 0 saturated carbocycles. The molecule has 0 spiro atoms. The van der Waals surface area contributed by atoms with E-state index >= 15 is 0 Å². The van der Waals surface area contributed by atoms with E-state index in [1.807, 2.05) is 0 Å². The van der Waals surface area contributed by atoms with Gasteiger partial charge < -0.3 is 5.11 Å². The van der Waals surface area contributed by atoms with Crippen molar-refractivity contribution in [1.82, 2.24) is 0 Å². The van der Waals surface area contributed by atoms with Crippen LogP contribution in [0, 0.1) is 0 Å². The van der Waals surface area contributed by atoms with Crippen LogP contribution < -0.4 is 0 Å². The van der Waals surface area contributed by atoms with Crippen molar-refractivity contribution in [1.29, 1.82) is 0 Å². The highest BCUT2D eigenvalue weighted by Crippen LogP contribution is 1.91. The Balaban J connectivity index is 2.61. The van der Waals surface area contributed by atoms with Gasteiger partial charge in [0.15, 0.2) is 0 Å². The molecule has 0 bridgehead atoms. The summed E-state index contributed by atoms with van der Waals surface area (Å²) in [6.07, 6.45) is 1.92. The molecule has 0 aliphatic carbocycles. The van der Waals surface area contributed by atoms with Gasteiger partial charge in [0.2, 0.25) is 0 Å². The van der Waals surface area contributed by atoms with E-state index in [-0.39, 0.29) is 12.4 Å². The average molecular weight is 126 g/mol. The summed E-state index contributed by atoms with van der Waals surface area (Å²) >= 11 is 0. The Bertz CT molecular complexity index is 183. The van der Waals surface area contributed by atoms with Gasteiger partial charge in [-0.3, -0.25) is 9.98 Å². The summed E-state index contributed by atoms with van der Waals surface area (Å²) in [7, 11) is 0. The van der Waals surface area contributed by atoms with Crippen molar-refractivity contribution < 1.29 is 9.90 Å². The van der Waals surface area contributed by atoms with Crippen molar-refractivity contribution in [3.05, 3.63) is 0 Å². The largest absolute Gasteiger partial charge is 0.477 e. The van der Waals surface area contributed by atoms with Crippen LogP contribution in [0.25, 0.3) is 0 Å². The molecule has 0 unspecified atom stereocenters. The molecule has 0 fully saturated rings. The summed E-state index contributed by atoms with van der Waals surface area (Å²) in [4.78, 5) is 17.5. The zero-order valence-corrected chi connectivity index (χ0v) is 4.74. The summed E-state index contributed by atoms with van der Waals surface area (Å²) in [5, 5.41) is 8.35. The van der Waals surface area contributed by atoms with E-state index < -0.39 is 5.97 Å². The topological polar surface area (TPSA) is 62.0 Å². The Kier molecular flexibility index (Phi) is 1.58. The fourth-order valence-electron chi connectivity index (χ4n) is 0.554. The third-order valence-electron chi connectivity index (χ3n) is 1.00. The van der Waals surface area contributed by atoms with Crippen molar-refractivity contribution in [2.75, 3.05) is 6.67 Å². The van der Waals surface area contributed by atoms with E-state index in [1.165, 1.54) is 0 Å².